The number of ketones is 1. The van der Waals surface area contributed by atoms with Crippen LogP contribution in [0.2, 0.25) is 0 Å². The van der Waals surface area contributed by atoms with E-state index in [0.29, 0.717) is 28.1 Å². The molecular formula is C27H18F4N4O2. The zero-order valence-corrected chi connectivity index (χ0v) is 19.3. The van der Waals surface area contributed by atoms with Crippen molar-refractivity contribution < 1.29 is 27.5 Å². The Morgan fingerprint density at radius 1 is 1.00 bits per heavy atom. The molecule has 10 heteroatoms. The largest absolute Gasteiger partial charge is 0.508 e. The molecule has 0 bridgehead atoms. The lowest BCUT2D eigenvalue weighted by Gasteiger charge is -2.15. The van der Waals surface area contributed by atoms with Crippen molar-refractivity contribution in [1.82, 2.24) is 9.97 Å². The third-order valence-corrected chi connectivity index (χ3v) is 5.87. The number of anilines is 2. The van der Waals surface area contributed by atoms with Gasteiger partial charge in [-0.1, -0.05) is 12.1 Å². The minimum absolute atomic E-state index is 0.0100. The van der Waals surface area contributed by atoms with Crippen molar-refractivity contribution in [2.75, 3.05) is 5.32 Å². The van der Waals surface area contributed by atoms with Crippen molar-refractivity contribution in [3.8, 4) is 17.0 Å². The normalized spacial score (nSPS) is 12.7. The van der Waals surface area contributed by atoms with E-state index >= 15 is 0 Å². The molecule has 0 unspecified atom stereocenters. The van der Waals surface area contributed by atoms with Gasteiger partial charge in [0.2, 0.25) is 5.95 Å². The molecule has 0 amide bonds. The summed E-state index contributed by atoms with van der Waals surface area (Å²) >= 11 is 0. The first-order valence-corrected chi connectivity index (χ1v) is 11.1. The van der Waals surface area contributed by atoms with E-state index in [1.807, 2.05) is 0 Å². The fourth-order valence-electron chi connectivity index (χ4n) is 4.18. The van der Waals surface area contributed by atoms with E-state index in [1.54, 1.807) is 24.3 Å². The van der Waals surface area contributed by atoms with E-state index < -0.39 is 28.9 Å². The number of hydrogen-bond acceptors (Lipinski definition) is 6. The van der Waals surface area contributed by atoms with Gasteiger partial charge < -0.3 is 10.4 Å². The lowest BCUT2D eigenvalue weighted by atomic mass is 9.95. The second-order valence-electron chi connectivity index (χ2n) is 8.38. The maximum absolute atomic E-state index is 14.6. The summed E-state index contributed by atoms with van der Waals surface area (Å²) in [5.74, 6) is -1.23. The SMILES string of the molecule is CC(=O)c1ccc(Nc2ncc3c(n2)-c2ccc(O)cc2C(c2ccccc2F)=NC3)cc1C(F)(F)F. The van der Waals surface area contributed by atoms with Crippen molar-refractivity contribution in [3.63, 3.8) is 0 Å². The molecule has 0 atom stereocenters. The summed E-state index contributed by atoms with van der Waals surface area (Å²) in [4.78, 5) is 25.0. The van der Waals surface area contributed by atoms with Gasteiger partial charge in [0.1, 0.15) is 11.6 Å². The molecule has 0 spiro atoms. The van der Waals surface area contributed by atoms with Crippen LogP contribution in [0.25, 0.3) is 11.3 Å². The lowest BCUT2D eigenvalue weighted by Crippen LogP contribution is -2.12. The van der Waals surface area contributed by atoms with Crippen molar-refractivity contribution in [1.29, 1.82) is 0 Å². The number of alkyl halides is 3. The molecular weight excluding hydrogens is 488 g/mol. The third-order valence-electron chi connectivity index (χ3n) is 5.87. The van der Waals surface area contributed by atoms with Gasteiger partial charge in [0.25, 0.3) is 0 Å². The number of rotatable bonds is 4. The second kappa shape index (κ2) is 9.12. The Morgan fingerprint density at radius 3 is 2.51 bits per heavy atom. The van der Waals surface area contributed by atoms with Crippen LogP contribution in [0.4, 0.5) is 29.2 Å². The number of carbonyl (C=O) groups is 1. The quantitative estimate of drug-likeness (QED) is 0.250. The van der Waals surface area contributed by atoms with Crippen LogP contribution < -0.4 is 5.32 Å². The molecule has 0 saturated carbocycles. The van der Waals surface area contributed by atoms with Crippen LogP contribution in [0.1, 0.15) is 39.5 Å². The van der Waals surface area contributed by atoms with E-state index in [-0.39, 0.29) is 29.5 Å². The Labute approximate surface area is 208 Å². The Hall–Kier alpha value is -4.60. The summed E-state index contributed by atoms with van der Waals surface area (Å²) in [5.41, 5.74) is 1.13. The molecule has 5 rings (SSSR count). The summed E-state index contributed by atoms with van der Waals surface area (Å²) in [5, 5.41) is 12.9. The fourth-order valence-corrected chi connectivity index (χ4v) is 4.18. The molecule has 2 N–H and O–H groups in total. The molecule has 1 aliphatic heterocycles. The van der Waals surface area contributed by atoms with Gasteiger partial charge in [-0.3, -0.25) is 9.79 Å². The first kappa shape index (κ1) is 24.1. The van der Waals surface area contributed by atoms with Crippen LogP contribution in [0.5, 0.6) is 5.75 Å². The average Bonchev–Trinajstić information content (AvgIpc) is 3.00. The van der Waals surface area contributed by atoms with Gasteiger partial charge in [0, 0.05) is 39.7 Å². The van der Waals surface area contributed by atoms with Crippen molar-refractivity contribution in [2.24, 2.45) is 4.99 Å². The van der Waals surface area contributed by atoms with Crippen LogP contribution in [0.15, 0.2) is 71.9 Å². The van der Waals surface area contributed by atoms with Gasteiger partial charge in [-0.05, 0) is 55.5 Å². The molecule has 4 aromatic rings. The number of benzene rings is 3. The fraction of sp³-hybridized carbons (Fsp3) is 0.111. The van der Waals surface area contributed by atoms with Gasteiger partial charge >= 0.3 is 6.18 Å². The summed E-state index contributed by atoms with van der Waals surface area (Å²) in [6, 6.07) is 13.9. The molecule has 2 heterocycles. The molecule has 3 aromatic carbocycles. The Kier molecular flexibility index (Phi) is 5.94. The van der Waals surface area contributed by atoms with Crippen molar-refractivity contribution >= 4 is 23.1 Å². The maximum Gasteiger partial charge on any atom is 0.417 e. The molecule has 1 aliphatic rings. The number of aromatic nitrogens is 2. The summed E-state index contributed by atoms with van der Waals surface area (Å²) in [7, 11) is 0. The van der Waals surface area contributed by atoms with Gasteiger partial charge in [-0.25, -0.2) is 14.4 Å². The Bertz CT molecular complexity index is 1580. The number of nitrogens with one attached hydrogen (secondary N) is 1. The molecule has 0 saturated heterocycles. The number of aromatic hydroxyl groups is 1. The second-order valence-corrected chi connectivity index (χ2v) is 8.38. The molecule has 186 valence electrons. The van der Waals surface area contributed by atoms with Crippen LogP contribution in [0.3, 0.4) is 0 Å². The monoisotopic (exact) mass is 506 g/mol. The number of phenols is 1. The smallest absolute Gasteiger partial charge is 0.417 e. The number of carbonyl (C=O) groups excluding carboxylic acids is 1. The predicted octanol–water partition coefficient (Wildman–Crippen LogP) is 6.30. The molecule has 1 aromatic heterocycles. The maximum atomic E-state index is 14.6. The number of nitrogens with zero attached hydrogens (tertiary/aromatic N) is 3. The first-order chi connectivity index (χ1) is 17.6. The molecule has 37 heavy (non-hydrogen) atoms. The van der Waals surface area contributed by atoms with E-state index in [2.05, 4.69) is 20.3 Å². The summed E-state index contributed by atoms with van der Waals surface area (Å²) in [6.07, 6.45) is -3.24. The number of Topliss-reactive ketones (excluding diaryl/α,β-unsaturated/α-hetero) is 1. The molecule has 0 radical (unpaired) electrons. The topological polar surface area (TPSA) is 87.5 Å². The average molecular weight is 506 g/mol. The highest BCUT2D eigenvalue weighted by Crippen LogP contribution is 2.36. The summed E-state index contributed by atoms with van der Waals surface area (Å²) < 4.78 is 55.2. The highest BCUT2D eigenvalue weighted by molar-refractivity contribution is 6.17. The molecule has 0 aliphatic carbocycles. The lowest BCUT2D eigenvalue weighted by molar-refractivity contribution is -0.137. The number of phenolic OH excluding ortho intramolecular Hbond substituents is 1. The minimum atomic E-state index is -4.73. The third kappa shape index (κ3) is 4.65. The highest BCUT2D eigenvalue weighted by atomic mass is 19.4. The van der Waals surface area contributed by atoms with Gasteiger partial charge in [-0.15, -0.1) is 0 Å². The Morgan fingerprint density at radius 2 is 1.78 bits per heavy atom. The Balaban J connectivity index is 1.58. The summed E-state index contributed by atoms with van der Waals surface area (Å²) in [6.45, 7) is 1.18. The van der Waals surface area contributed by atoms with E-state index in [9.17, 15) is 27.5 Å². The van der Waals surface area contributed by atoms with E-state index in [4.69, 9.17) is 0 Å². The number of aliphatic imine (C=N–C) groups is 1. The first-order valence-electron chi connectivity index (χ1n) is 11.1. The molecule has 6 nitrogen and oxygen atoms in total. The van der Waals surface area contributed by atoms with E-state index in [0.717, 1.165) is 19.1 Å². The number of fused-ring (bicyclic) bond motifs is 3. The van der Waals surface area contributed by atoms with Crippen molar-refractivity contribution in [2.45, 2.75) is 19.6 Å². The van der Waals surface area contributed by atoms with E-state index in [1.165, 1.54) is 30.5 Å². The zero-order chi connectivity index (χ0) is 26.3. The van der Waals surface area contributed by atoms with Gasteiger partial charge in [0.15, 0.2) is 5.78 Å². The van der Waals surface area contributed by atoms with Crippen LogP contribution in [-0.2, 0) is 12.7 Å². The zero-order valence-electron chi connectivity index (χ0n) is 19.3. The number of hydrogen-bond donors (Lipinski definition) is 2. The van der Waals surface area contributed by atoms with Crippen LogP contribution >= 0.6 is 0 Å². The highest BCUT2D eigenvalue weighted by Gasteiger charge is 2.35. The molecule has 0 fully saturated rings. The van der Waals surface area contributed by atoms with Gasteiger partial charge in [0.05, 0.1) is 23.5 Å². The van der Waals surface area contributed by atoms with Gasteiger partial charge in [-0.2, -0.15) is 13.2 Å². The standard InChI is InChI=1S/C27H18F4N4O2/c1-14(36)18-8-6-16(10-22(18)27(29,30)31)34-26-33-13-15-12-32-25(20-4-2-3-5-23(20)28)21-11-17(37)7-9-19(21)24(15)35-26/h2-11,13,37H,12H2,1H3,(H,33,34,35). The van der Waals surface area contributed by atoms with Crippen molar-refractivity contribution in [3.05, 3.63) is 100 Å². The number of halogens is 4. The predicted molar refractivity (Wildman–Crippen MR) is 130 cm³/mol. The van der Waals surface area contributed by atoms with Crippen LogP contribution in [0, 0.1) is 5.82 Å². The van der Waals surface area contributed by atoms with Crippen LogP contribution in [-0.4, -0.2) is 26.6 Å². The minimum Gasteiger partial charge on any atom is -0.508 e.